The summed E-state index contributed by atoms with van der Waals surface area (Å²) in [6.45, 7) is 3.41. The summed E-state index contributed by atoms with van der Waals surface area (Å²) >= 11 is 7.59. The molecule has 0 atom stereocenters. The summed E-state index contributed by atoms with van der Waals surface area (Å²) in [7, 11) is 1.50. The summed E-state index contributed by atoms with van der Waals surface area (Å²) in [5.41, 5.74) is 2.09. The van der Waals surface area contributed by atoms with Crippen molar-refractivity contribution in [1.29, 1.82) is 0 Å². The fourth-order valence-corrected chi connectivity index (χ4v) is 4.54. The smallest absolute Gasteiger partial charge is 0.262 e. The lowest BCUT2D eigenvalue weighted by atomic mass is 10.2. The third kappa shape index (κ3) is 4.19. The Bertz CT molecular complexity index is 1350. The minimum absolute atomic E-state index is 0.158. The Morgan fingerprint density at radius 3 is 2.65 bits per heavy atom. The van der Waals surface area contributed by atoms with Crippen LogP contribution in [0.5, 0.6) is 5.75 Å². The third-order valence-corrected chi connectivity index (χ3v) is 6.44. The summed E-state index contributed by atoms with van der Waals surface area (Å²) in [6, 6.07) is 15.1. The molecule has 0 aliphatic heterocycles. The molecule has 4 rings (SSSR count). The number of methoxy groups -OCH3 is 1. The number of nitrogens with zero attached hydrogens (tertiary/aromatic N) is 2. The van der Waals surface area contributed by atoms with E-state index < -0.39 is 0 Å². The number of fused-ring (bicyclic) bond motifs is 1. The Kier molecular flexibility index (Phi) is 5.80. The number of amides is 1. The first kappa shape index (κ1) is 21.1. The van der Waals surface area contributed by atoms with Crippen molar-refractivity contribution in [2.24, 2.45) is 0 Å². The quantitative estimate of drug-likeness (QED) is 0.459. The van der Waals surface area contributed by atoms with Gasteiger partial charge in [0.15, 0.2) is 0 Å². The van der Waals surface area contributed by atoms with Crippen molar-refractivity contribution in [3.63, 3.8) is 0 Å². The van der Waals surface area contributed by atoms with E-state index in [2.05, 4.69) is 10.3 Å². The molecule has 0 spiro atoms. The molecule has 0 fully saturated rings. The number of anilines is 1. The van der Waals surface area contributed by atoms with E-state index in [9.17, 15) is 9.59 Å². The summed E-state index contributed by atoms with van der Waals surface area (Å²) in [5, 5.41) is 3.85. The molecule has 0 radical (unpaired) electrons. The van der Waals surface area contributed by atoms with Crippen molar-refractivity contribution in [3.05, 3.63) is 75.3 Å². The topological polar surface area (TPSA) is 73.2 Å². The number of aryl methyl sites for hydroxylation is 2. The number of carbonyl (C=O) groups excluding carboxylic acids is 1. The summed E-state index contributed by atoms with van der Waals surface area (Å²) < 4.78 is 6.69. The van der Waals surface area contributed by atoms with Crippen molar-refractivity contribution in [2.75, 3.05) is 12.4 Å². The number of rotatable bonds is 5. The maximum Gasteiger partial charge on any atom is 0.262 e. The summed E-state index contributed by atoms with van der Waals surface area (Å²) in [6.07, 6.45) is 0. The van der Waals surface area contributed by atoms with Crippen molar-refractivity contribution in [2.45, 2.75) is 20.4 Å². The third-order valence-electron chi connectivity index (χ3n) is 4.96. The van der Waals surface area contributed by atoms with Crippen LogP contribution in [0.1, 0.15) is 11.4 Å². The molecule has 1 N–H and O–H groups in total. The lowest BCUT2D eigenvalue weighted by Crippen LogP contribution is -2.30. The van der Waals surface area contributed by atoms with Crippen LogP contribution in [0.3, 0.4) is 0 Å². The first-order chi connectivity index (χ1) is 14.9. The van der Waals surface area contributed by atoms with E-state index in [0.29, 0.717) is 32.5 Å². The second-order valence-electron chi connectivity index (χ2n) is 7.10. The van der Waals surface area contributed by atoms with E-state index in [0.717, 1.165) is 16.0 Å². The van der Waals surface area contributed by atoms with Crippen molar-refractivity contribution >= 4 is 44.7 Å². The van der Waals surface area contributed by atoms with Crippen LogP contribution in [0.25, 0.3) is 20.7 Å². The number of aromatic nitrogens is 2. The van der Waals surface area contributed by atoms with Crippen LogP contribution in [0.2, 0.25) is 5.02 Å². The molecule has 31 heavy (non-hydrogen) atoms. The molecule has 0 saturated carbocycles. The molecular weight excluding hydrogens is 434 g/mol. The average Bonchev–Trinajstić information content (AvgIpc) is 3.18. The molecule has 1 amide bonds. The Balaban J connectivity index is 1.65. The number of halogens is 1. The van der Waals surface area contributed by atoms with Gasteiger partial charge in [-0.05, 0) is 37.1 Å². The number of carbonyl (C=O) groups is 1. The number of nitrogens with one attached hydrogen (secondary N) is 1. The van der Waals surface area contributed by atoms with Crippen molar-refractivity contribution in [1.82, 2.24) is 9.55 Å². The van der Waals surface area contributed by atoms with Gasteiger partial charge in [0.05, 0.1) is 18.2 Å². The molecule has 2 aromatic carbocycles. The summed E-state index contributed by atoms with van der Waals surface area (Å²) in [4.78, 5) is 32.0. The molecule has 0 bridgehead atoms. The number of hydrogen-bond donors (Lipinski definition) is 1. The highest BCUT2D eigenvalue weighted by Crippen LogP contribution is 2.32. The minimum atomic E-state index is -0.357. The zero-order valence-electron chi connectivity index (χ0n) is 17.2. The second-order valence-corrected chi connectivity index (χ2v) is 8.53. The molecule has 0 saturated heterocycles. The number of thiophene rings is 1. The number of hydrogen-bond acceptors (Lipinski definition) is 5. The van der Waals surface area contributed by atoms with Gasteiger partial charge in [0, 0.05) is 16.0 Å². The van der Waals surface area contributed by atoms with Gasteiger partial charge in [0.25, 0.3) is 5.56 Å². The monoisotopic (exact) mass is 453 g/mol. The zero-order valence-corrected chi connectivity index (χ0v) is 18.8. The van der Waals surface area contributed by atoms with Crippen LogP contribution in [0, 0.1) is 13.8 Å². The highest BCUT2D eigenvalue weighted by molar-refractivity contribution is 7.21. The normalized spacial score (nSPS) is 11.0. The lowest BCUT2D eigenvalue weighted by Gasteiger charge is -2.13. The molecule has 2 aromatic heterocycles. The molecule has 158 valence electrons. The van der Waals surface area contributed by atoms with Gasteiger partial charge in [-0.1, -0.05) is 41.9 Å². The maximum absolute atomic E-state index is 13.1. The Hall–Kier alpha value is -3.16. The van der Waals surface area contributed by atoms with Gasteiger partial charge in [-0.15, -0.1) is 11.3 Å². The van der Waals surface area contributed by atoms with E-state index in [1.54, 1.807) is 19.1 Å². The van der Waals surface area contributed by atoms with Crippen LogP contribution < -0.4 is 15.6 Å². The van der Waals surface area contributed by atoms with E-state index in [-0.39, 0.29) is 18.0 Å². The molecule has 0 aliphatic carbocycles. The lowest BCUT2D eigenvalue weighted by molar-refractivity contribution is -0.116. The van der Waals surface area contributed by atoms with Crippen LogP contribution >= 0.6 is 22.9 Å². The van der Waals surface area contributed by atoms with Gasteiger partial charge in [-0.25, -0.2) is 4.98 Å². The van der Waals surface area contributed by atoms with E-state index in [1.165, 1.54) is 23.0 Å². The maximum atomic E-state index is 13.1. The second kappa shape index (κ2) is 8.53. The van der Waals surface area contributed by atoms with Crippen LogP contribution in [0.4, 0.5) is 5.69 Å². The molecule has 0 unspecified atom stereocenters. The summed E-state index contributed by atoms with van der Waals surface area (Å²) in [5.74, 6) is 0.574. The fourth-order valence-electron chi connectivity index (χ4n) is 3.31. The average molecular weight is 454 g/mol. The molecular formula is C23H20ClN3O3S. The van der Waals surface area contributed by atoms with Gasteiger partial charge in [0.1, 0.15) is 22.9 Å². The molecule has 4 aromatic rings. The number of benzene rings is 2. The van der Waals surface area contributed by atoms with E-state index in [4.69, 9.17) is 16.3 Å². The van der Waals surface area contributed by atoms with Crippen molar-refractivity contribution in [3.8, 4) is 16.2 Å². The molecule has 0 aliphatic rings. The van der Waals surface area contributed by atoms with Crippen molar-refractivity contribution < 1.29 is 9.53 Å². The van der Waals surface area contributed by atoms with E-state index >= 15 is 0 Å². The van der Waals surface area contributed by atoms with Crippen LogP contribution in [-0.2, 0) is 11.3 Å². The first-order valence-electron chi connectivity index (χ1n) is 9.57. The Morgan fingerprint density at radius 1 is 1.19 bits per heavy atom. The van der Waals surface area contributed by atoms with Crippen LogP contribution in [0.15, 0.2) is 53.3 Å². The highest BCUT2D eigenvalue weighted by Gasteiger charge is 2.16. The van der Waals surface area contributed by atoms with Gasteiger partial charge < -0.3 is 10.1 Å². The standard InChI is InChI=1S/C23H20ClN3O3S/c1-13-9-18(19(30-3)11-17(13)24)26-21(28)12-27-14(2)25-22-16(23(27)29)10-20(31-22)15-7-5-4-6-8-15/h4-11H,12H2,1-3H3,(H,26,28). The van der Waals surface area contributed by atoms with Crippen LogP contribution in [-0.4, -0.2) is 22.6 Å². The predicted molar refractivity (Wildman–Crippen MR) is 125 cm³/mol. The van der Waals surface area contributed by atoms with E-state index in [1.807, 2.05) is 43.3 Å². The van der Waals surface area contributed by atoms with Gasteiger partial charge in [-0.3, -0.25) is 14.2 Å². The first-order valence-corrected chi connectivity index (χ1v) is 10.8. The number of ether oxygens (including phenoxy) is 1. The molecule has 6 nitrogen and oxygen atoms in total. The zero-order chi connectivity index (χ0) is 22.1. The predicted octanol–water partition coefficient (Wildman–Crippen LogP) is 5.04. The van der Waals surface area contributed by atoms with Gasteiger partial charge in [-0.2, -0.15) is 0 Å². The molecule has 2 heterocycles. The highest BCUT2D eigenvalue weighted by atomic mass is 35.5. The largest absolute Gasteiger partial charge is 0.495 e. The van der Waals surface area contributed by atoms with Gasteiger partial charge in [0.2, 0.25) is 5.91 Å². The Labute approximate surface area is 188 Å². The Morgan fingerprint density at radius 2 is 1.94 bits per heavy atom. The van der Waals surface area contributed by atoms with Gasteiger partial charge >= 0.3 is 0 Å². The fraction of sp³-hybridized carbons (Fsp3) is 0.174. The molecule has 8 heteroatoms. The SMILES string of the molecule is COc1cc(Cl)c(C)cc1NC(=O)Cn1c(C)nc2sc(-c3ccccc3)cc2c1=O. The minimum Gasteiger partial charge on any atom is -0.495 e.